The molecule has 7 heteroatoms. The van der Waals surface area contributed by atoms with Crippen LogP contribution in [0.5, 0.6) is 5.75 Å². The number of hydrogen-bond donors (Lipinski definition) is 3. The smallest absolute Gasteiger partial charge is 0.342 e. The van der Waals surface area contributed by atoms with E-state index in [9.17, 15) is 19.5 Å². The molecule has 1 saturated carbocycles. The third-order valence-corrected chi connectivity index (χ3v) is 4.20. The van der Waals surface area contributed by atoms with Gasteiger partial charge in [-0.1, -0.05) is 25.3 Å². The van der Waals surface area contributed by atoms with Crippen molar-refractivity contribution in [1.82, 2.24) is 10.6 Å². The Morgan fingerprint density at radius 3 is 2.52 bits per heavy atom. The van der Waals surface area contributed by atoms with Crippen molar-refractivity contribution in [1.29, 1.82) is 0 Å². The second kappa shape index (κ2) is 8.50. The van der Waals surface area contributed by atoms with Crippen LogP contribution in [0.15, 0.2) is 18.2 Å². The fraction of sp³-hybridized carbons (Fsp3) is 0.500. The van der Waals surface area contributed by atoms with Crippen LogP contribution in [0.1, 0.15) is 54.9 Å². The number of aryl methyl sites for hydroxylation is 1. The number of imide groups is 1. The lowest BCUT2D eigenvalue weighted by molar-refractivity contribution is -0.127. The summed E-state index contributed by atoms with van der Waals surface area (Å²) < 4.78 is 5.02. The molecule has 136 valence electrons. The van der Waals surface area contributed by atoms with Gasteiger partial charge in [-0.05, 0) is 44.4 Å². The first-order chi connectivity index (χ1) is 11.9. The molecule has 7 nitrogen and oxygen atoms in total. The summed E-state index contributed by atoms with van der Waals surface area (Å²) in [4.78, 5) is 35.9. The van der Waals surface area contributed by atoms with Crippen LogP contribution in [-0.4, -0.2) is 35.2 Å². The largest absolute Gasteiger partial charge is 0.507 e. The van der Waals surface area contributed by atoms with Crippen molar-refractivity contribution in [3.63, 3.8) is 0 Å². The summed E-state index contributed by atoms with van der Waals surface area (Å²) in [5.41, 5.74) is 0.760. The van der Waals surface area contributed by atoms with E-state index in [0.29, 0.717) is 0 Å². The minimum atomic E-state index is -1.16. The van der Waals surface area contributed by atoms with Crippen molar-refractivity contribution in [3.8, 4) is 5.75 Å². The summed E-state index contributed by atoms with van der Waals surface area (Å²) in [6.07, 6.45) is 3.93. The first-order valence-corrected chi connectivity index (χ1v) is 8.49. The molecule has 1 aromatic rings. The molecule has 1 aromatic carbocycles. The Bertz CT molecular complexity index is 653. The number of ether oxygens (including phenoxy) is 1. The minimum absolute atomic E-state index is 0.0306. The standard InChI is InChI=1S/C18H24N2O5/c1-11-8-9-14(15(21)10-11)17(23)25-12(2)16(22)20-18(24)19-13-6-4-3-5-7-13/h8-10,12-13,21H,3-7H2,1-2H3,(H2,19,20,22,24)/t12-/m0/s1. The maximum Gasteiger partial charge on any atom is 0.342 e. The van der Waals surface area contributed by atoms with Gasteiger partial charge in [0, 0.05) is 6.04 Å². The SMILES string of the molecule is Cc1ccc(C(=O)O[C@@H](C)C(=O)NC(=O)NC2CCCCC2)c(O)c1. The van der Waals surface area contributed by atoms with E-state index in [1.165, 1.54) is 19.1 Å². The number of benzene rings is 1. The van der Waals surface area contributed by atoms with Crippen LogP contribution in [0.2, 0.25) is 0 Å². The topological polar surface area (TPSA) is 105 Å². The molecule has 1 aliphatic carbocycles. The Labute approximate surface area is 146 Å². The van der Waals surface area contributed by atoms with Crippen molar-refractivity contribution in [2.75, 3.05) is 0 Å². The number of nitrogens with one attached hydrogen (secondary N) is 2. The molecule has 0 heterocycles. The Morgan fingerprint density at radius 1 is 1.20 bits per heavy atom. The van der Waals surface area contributed by atoms with Crippen LogP contribution < -0.4 is 10.6 Å². The Kier molecular flexibility index (Phi) is 6.38. The van der Waals surface area contributed by atoms with E-state index < -0.39 is 24.0 Å². The highest BCUT2D eigenvalue weighted by molar-refractivity contribution is 5.99. The first-order valence-electron chi connectivity index (χ1n) is 8.49. The van der Waals surface area contributed by atoms with E-state index in [0.717, 1.165) is 37.7 Å². The molecule has 0 aliphatic heterocycles. The molecule has 2 rings (SSSR count). The number of carbonyl (C=O) groups excluding carboxylic acids is 3. The summed E-state index contributed by atoms with van der Waals surface area (Å²) in [5.74, 6) is -1.76. The average molecular weight is 348 g/mol. The number of carbonyl (C=O) groups is 3. The molecule has 1 aliphatic rings. The van der Waals surface area contributed by atoms with Crippen LogP contribution >= 0.6 is 0 Å². The second-order valence-corrected chi connectivity index (χ2v) is 6.37. The van der Waals surface area contributed by atoms with E-state index in [2.05, 4.69) is 10.6 Å². The highest BCUT2D eigenvalue weighted by atomic mass is 16.5. The van der Waals surface area contributed by atoms with E-state index in [1.807, 2.05) is 0 Å². The van der Waals surface area contributed by atoms with Gasteiger partial charge in [0.1, 0.15) is 11.3 Å². The molecule has 3 amide bonds. The number of aromatic hydroxyl groups is 1. The van der Waals surface area contributed by atoms with Gasteiger partial charge < -0.3 is 15.2 Å². The number of phenolic OH excluding ortho intramolecular Hbond substituents is 1. The first kappa shape index (κ1) is 18.8. The Hall–Kier alpha value is -2.57. The van der Waals surface area contributed by atoms with Gasteiger partial charge in [0.15, 0.2) is 6.10 Å². The maximum absolute atomic E-state index is 12.0. The van der Waals surface area contributed by atoms with Crippen molar-refractivity contribution >= 4 is 17.9 Å². The van der Waals surface area contributed by atoms with Gasteiger partial charge in [-0.15, -0.1) is 0 Å². The predicted molar refractivity (Wildman–Crippen MR) is 91.3 cm³/mol. The fourth-order valence-corrected chi connectivity index (χ4v) is 2.77. The molecule has 25 heavy (non-hydrogen) atoms. The number of rotatable bonds is 4. The van der Waals surface area contributed by atoms with Crippen molar-refractivity contribution in [2.24, 2.45) is 0 Å². The summed E-state index contributed by atoms with van der Waals surface area (Å²) in [5, 5.41) is 14.7. The fourth-order valence-electron chi connectivity index (χ4n) is 2.77. The average Bonchev–Trinajstić information content (AvgIpc) is 2.55. The highest BCUT2D eigenvalue weighted by Gasteiger charge is 2.23. The zero-order valence-corrected chi connectivity index (χ0v) is 14.5. The monoisotopic (exact) mass is 348 g/mol. The van der Waals surface area contributed by atoms with Crippen LogP contribution in [-0.2, 0) is 9.53 Å². The molecule has 3 N–H and O–H groups in total. The summed E-state index contributed by atoms with van der Waals surface area (Å²) in [7, 11) is 0. The number of amides is 3. The molecular formula is C18H24N2O5. The molecule has 0 aromatic heterocycles. The lowest BCUT2D eigenvalue weighted by Gasteiger charge is -2.23. The van der Waals surface area contributed by atoms with Gasteiger partial charge in [-0.2, -0.15) is 0 Å². The second-order valence-electron chi connectivity index (χ2n) is 6.37. The zero-order chi connectivity index (χ0) is 18.4. The van der Waals surface area contributed by atoms with Crippen molar-refractivity contribution in [2.45, 2.75) is 58.1 Å². The molecule has 1 fully saturated rings. The molecular weight excluding hydrogens is 324 g/mol. The molecule has 0 unspecified atom stereocenters. The lowest BCUT2D eigenvalue weighted by atomic mass is 9.96. The lowest BCUT2D eigenvalue weighted by Crippen LogP contribution is -2.48. The van der Waals surface area contributed by atoms with E-state index in [1.54, 1.807) is 13.0 Å². The number of phenols is 1. The van der Waals surface area contributed by atoms with Gasteiger partial charge in [-0.3, -0.25) is 10.1 Å². The minimum Gasteiger partial charge on any atom is -0.507 e. The summed E-state index contributed by atoms with van der Waals surface area (Å²) >= 11 is 0. The van der Waals surface area contributed by atoms with Gasteiger partial charge in [-0.25, -0.2) is 9.59 Å². The van der Waals surface area contributed by atoms with Gasteiger partial charge in [0.25, 0.3) is 5.91 Å². The zero-order valence-electron chi connectivity index (χ0n) is 14.5. The number of esters is 1. The number of urea groups is 1. The Balaban J connectivity index is 1.84. The summed E-state index contributed by atoms with van der Waals surface area (Å²) in [6, 6.07) is 3.99. The van der Waals surface area contributed by atoms with Crippen LogP contribution in [0.3, 0.4) is 0 Å². The molecule has 0 bridgehead atoms. The molecule has 0 spiro atoms. The van der Waals surface area contributed by atoms with Crippen molar-refractivity contribution in [3.05, 3.63) is 29.3 Å². The normalized spacial score (nSPS) is 15.9. The van der Waals surface area contributed by atoms with Crippen LogP contribution in [0.25, 0.3) is 0 Å². The third-order valence-electron chi connectivity index (χ3n) is 4.20. The van der Waals surface area contributed by atoms with Gasteiger partial charge in [0.2, 0.25) is 0 Å². The van der Waals surface area contributed by atoms with E-state index in [-0.39, 0.29) is 17.4 Å². The van der Waals surface area contributed by atoms with Crippen molar-refractivity contribution < 1.29 is 24.2 Å². The van der Waals surface area contributed by atoms with Crippen LogP contribution in [0.4, 0.5) is 4.79 Å². The van der Waals surface area contributed by atoms with E-state index >= 15 is 0 Å². The number of hydrogen-bond acceptors (Lipinski definition) is 5. The maximum atomic E-state index is 12.0. The molecule has 1 atom stereocenters. The third kappa shape index (κ3) is 5.48. The van der Waals surface area contributed by atoms with Crippen LogP contribution in [0, 0.1) is 6.92 Å². The van der Waals surface area contributed by atoms with Gasteiger partial charge >= 0.3 is 12.0 Å². The predicted octanol–water partition coefficient (Wildman–Crippen LogP) is 2.40. The molecule has 0 radical (unpaired) electrons. The van der Waals surface area contributed by atoms with Gasteiger partial charge in [0.05, 0.1) is 0 Å². The Morgan fingerprint density at radius 2 is 1.88 bits per heavy atom. The molecule has 0 saturated heterocycles. The highest BCUT2D eigenvalue weighted by Crippen LogP contribution is 2.20. The quantitative estimate of drug-likeness (QED) is 0.725. The summed E-state index contributed by atoms with van der Waals surface area (Å²) in [6.45, 7) is 3.14. The van der Waals surface area contributed by atoms with E-state index in [4.69, 9.17) is 4.74 Å².